The Morgan fingerprint density at radius 3 is 2.04 bits per heavy atom. The van der Waals surface area contributed by atoms with Gasteiger partial charge in [0.1, 0.15) is 6.61 Å². The summed E-state index contributed by atoms with van der Waals surface area (Å²) < 4.78 is 16.0. The third-order valence-corrected chi connectivity index (χ3v) is 3.97. The molecular formula is C18H26N2O5. The van der Waals surface area contributed by atoms with Crippen LogP contribution < -0.4 is 9.47 Å². The van der Waals surface area contributed by atoms with E-state index in [4.69, 9.17) is 14.2 Å². The average Bonchev–Trinajstić information content (AvgIpc) is 2.87. The SMILES string of the molecule is CCOc1ccccc1OCC(=O)N1CCCN(C(=O)COC)CC1. The van der Waals surface area contributed by atoms with E-state index in [1.807, 2.05) is 25.1 Å². The lowest BCUT2D eigenvalue weighted by Crippen LogP contribution is -2.40. The van der Waals surface area contributed by atoms with Crippen LogP contribution in [0.4, 0.5) is 0 Å². The summed E-state index contributed by atoms with van der Waals surface area (Å²) >= 11 is 0. The van der Waals surface area contributed by atoms with E-state index in [0.717, 1.165) is 6.42 Å². The molecule has 1 aromatic rings. The van der Waals surface area contributed by atoms with Crippen LogP contribution in [0, 0.1) is 0 Å². The minimum atomic E-state index is -0.0904. The van der Waals surface area contributed by atoms with Gasteiger partial charge in [0.05, 0.1) is 6.61 Å². The Labute approximate surface area is 148 Å². The number of rotatable bonds is 7. The quantitative estimate of drug-likeness (QED) is 0.738. The maximum atomic E-state index is 12.4. The lowest BCUT2D eigenvalue weighted by molar-refractivity contribution is -0.136. The summed E-state index contributed by atoms with van der Waals surface area (Å²) in [5.41, 5.74) is 0. The van der Waals surface area contributed by atoms with Gasteiger partial charge in [-0.25, -0.2) is 0 Å². The molecule has 2 rings (SSSR count). The summed E-state index contributed by atoms with van der Waals surface area (Å²) in [6.07, 6.45) is 0.747. The molecule has 1 aliphatic rings. The molecule has 7 nitrogen and oxygen atoms in total. The van der Waals surface area contributed by atoms with Gasteiger partial charge in [0.25, 0.3) is 5.91 Å². The molecule has 0 bridgehead atoms. The summed E-state index contributed by atoms with van der Waals surface area (Å²) in [5.74, 6) is 1.06. The van der Waals surface area contributed by atoms with Crippen molar-refractivity contribution in [1.29, 1.82) is 0 Å². The summed E-state index contributed by atoms with van der Waals surface area (Å²) in [4.78, 5) is 27.8. The molecule has 0 unspecified atom stereocenters. The molecule has 1 aliphatic heterocycles. The van der Waals surface area contributed by atoms with Crippen molar-refractivity contribution in [3.05, 3.63) is 24.3 Å². The number of methoxy groups -OCH3 is 1. The van der Waals surface area contributed by atoms with E-state index >= 15 is 0 Å². The molecule has 0 N–H and O–H groups in total. The largest absolute Gasteiger partial charge is 0.490 e. The monoisotopic (exact) mass is 350 g/mol. The van der Waals surface area contributed by atoms with Crippen molar-refractivity contribution in [2.24, 2.45) is 0 Å². The van der Waals surface area contributed by atoms with Gasteiger partial charge in [0.15, 0.2) is 18.1 Å². The van der Waals surface area contributed by atoms with Crippen LogP contribution >= 0.6 is 0 Å². The van der Waals surface area contributed by atoms with Crippen molar-refractivity contribution in [3.63, 3.8) is 0 Å². The third kappa shape index (κ3) is 5.63. The molecule has 1 saturated heterocycles. The fraction of sp³-hybridized carbons (Fsp3) is 0.556. The topological polar surface area (TPSA) is 68.3 Å². The number of benzene rings is 1. The van der Waals surface area contributed by atoms with Crippen LogP contribution in [0.1, 0.15) is 13.3 Å². The highest BCUT2D eigenvalue weighted by Gasteiger charge is 2.22. The molecule has 138 valence electrons. The van der Waals surface area contributed by atoms with Gasteiger partial charge in [-0.1, -0.05) is 12.1 Å². The Hall–Kier alpha value is -2.28. The van der Waals surface area contributed by atoms with Crippen molar-refractivity contribution >= 4 is 11.8 Å². The van der Waals surface area contributed by atoms with E-state index in [0.29, 0.717) is 44.3 Å². The Bertz CT molecular complexity index is 578. The molecule has 0 aromatic heterocycles. The van der Waals surface area contributed by atoms with Crippen LogP contribution in [0.5, 0.6) is 11.5 Å². The molecule has 0 aliphatic carbocycles. The minimum Gasteiger partial charge on any atom is -0.490 e. The molecule has 1 fully saturated rings. The molecule has 1 heterocycles. The molecule has 25 heavy (non-hydrogen) atoms. The highest BCUT2D eigenvalue weighted by molar-refractivity contribution is 5.79. The Morgan fingerprint density at radius 2 is 1.48 bits per heavy atom. The summed E-state index contributed by atoms with van der Waals surface area (Å²) in [6, 6.07) is 7.30. The van der Waals surface area contributed by atoms with E-state index < -0.39 is 0 Å². The zero-order valence-corrected chi connectivity index (χ0v) is 14.9. The van der Waals surface area contributed by atoms with Gasteiger partial charge in [0.2, 0.25) is 5.91 Å². The number of para-hydroxylation sites is 2. The molecule has 0 radical (unpaired) electrons. The second-order valence-electron chi connectivity index (χ2n) is 5.72. The fourth-order valence-corrected chi connectivity index (χ4v) is 2.71. The molecule has 1 aromatic carbocycles. The van der Waals surface area contributed by atoms with Crippen LogP contribution in [0.25, 0.3) is 0 Å². The van der Waals surface area contributed by atoms with E-state index in [9.17, 15) is 9.59 Å². The predicted octanol–water partition coefficient (Wildman–Crippen LogP) is 1.17. The van der Waals surface area contributed by atoms with Crippen molar-refractivity contribution in [1.82, 2.24) is 9.80 Å². The number of nitrogens with zero attached hydrogens (tertiary/aromatic N) is 2. The van der Waals surface area contributed by atoms with Gasteiger partial charge in [-0.3, -0.25) is 9.59 Å². The number of carbonyl (C=O) groups excluding carboxylic acids is 2. The lowest BCUT2D eigenvalue weighted by Gasteiger charge is -2.22. The maximum absolute atomic E-state index is 12.4. The normalized spacial score (nSPS) is 14.8. The second kappa shape index (κ2) is 9.88. The van der Waals surface area contributed by atoms with Crippen LogP contribution in [0.2, 0.25) is 0 Å². The molecule has 0 spiro atoms. The first-order chi connectivity index (χ1) is 12.2. The van der Waals surface area contributed by atoms with Gasteiger partial charge in [-0.05, 0) is 25.5 Å². The highest BCUT2D eigenvalue weighted by Crippen LogP contribution is 2.26. The number of carbonyl (C=O) groups is 2. The van der Waals surface area contributed by atoms with Crippen LogP contribution in [0.3, 0.4) is 0 Å². The van der Waals surface area contributed by atoms with Gasteiger partial charge >= 0.3 is 0 Å². The van der Waals surface area contributed by atoms with Crippen molar-refractivity contribution in [2.45, 2.75) is 13.3 Å². The summed E-state index contributed by atoms with van der Waals surface area (Å²) in [5, 5.41) is 0. The van der Waals surface area contributed by atoms with Gasteiger partial charge in [-0.2, -0.15) is 0 Å². The Morgan fingerprint density at radius 1 is 0.920 bits per heavy atom. The van der Waals surface area contributed by atoms with E-state index in [1.54, 1.807) is 15.9 Å². The number of hydrogen-bond acceptors (Lipinski definition) is 5. The number of hydrogen-bond donors (Lipinski definition) is 0. The molecular weight excluding hydrogens is 324 g/mol. The molecule has 0 atom stereocenters. The van der Waals surface area contributed by atoms with E-state index in [1.165, 1.54) is 7.11 Å². The van der Waals surface area contributed by atoms with Crippen LogP contribution in [0.15, 0.2) is 24.3 Å². The minimum absolute atomic E-state index is 0.0429. The summed E-state index contributed by atoms with van der Waals surface area (Å²) in [6.45, 7) is 4.74. The number of amides is 2. The molecule has 7 heteroatoms. The zero-order valence-electron chi connectivity index (χ0n) is 14.9. The predicted molar refractivity (Wildman–Crippen MR) is 92.8 cm³/mol. The van der Waals surface area contributed by atoms with Crippen molar-refractivity contribution in [3.8, 4) is 11.5 Å². The third-order valence-electron chi connectivity index (χ3n) is 3.97. The van der Waals surface area contributed by atoms with Gasteiger partial charge < -0.3 is 24.0 Å². The highest BCUT2D eigenvalue weighted by atomic mass is 16.5. The van der Waals surface area contributed by atoms with E-state index in [-0.39, 0.29) is 25.0 Å². The van der Waals surface area contributed by atoms with Crippen LogP contribution in [-0.4, -0.2) is 74.7 Å². The van der Waals surface area contributed by atoms with E-state index in [2.05, 4.69) is 0 Å². The van der Waals surface area contributed by atoms with Crippen molar-refractivity contribution < 1.29 is 23.8 Å². The van der Waals surface area contributed by atoms with Gasteiger partial charge in [0, 0.05) is 33.3 Å². The van der Waals surface area contributed by atoms with Gasteiger partial charge in [-0.15, -0.1) is 0 Å². The average molecular weight is 350 g/mol. The Balaban J connectivity index is 1.86. The smallest absolute Gasteiger partial charge is 0.260 e. The lowest BCUT2D eigenvalue weighted by atomic mass is 10.3. The molecule has 2 amide bonds. The fourth-order valence-electron chi connectivity index (χ4n) is 2.71. The first kappa shape index (κ1) is 19.1. The first-order valence-electron chi connectivity index (χ1n) is 8.54. The zero-order chi connectivity index (χ0) is 18.1. The summed E-state index contributed by atoms with van der Waals surface area (Å²) in [7, 11) is 1.50. The molecule has 0 saturated carbocycles. The standard InChI is InChI=1S/C18H26N2O5/c1-3-24-15-7-4-5-8-16(15)25-14-18(22)20-10-6-9-19(11-12-20)17(21)13-23-2/h4-5,7-8H,3,6,9-14H2,1-2H3. The van der Waals surface area contributed by atoms with Crippen LogP contribution in [-0.2, 0) is 14.3 Å². The second-order valence-corrected chi connectivity index (χ2v) is 5.72. The number of ether oxygens (including phenoxy) is 3. The van der Waals surface area contributed by atoms with Crippen molar-refractivity contribution in [2.75, 3.05) is 53.1 Å². The maximum Gasteiger partial charge on any atom is 0.260 e. The Kier molecular flexibility index (Phi) is 7.53. The first-order valence-corrected chi connectivity index (χ1v) is 8.54.